The second-order valence-electron chi connectivity index (χ2n) is 5.07. The minimum Gasteiger partial charge on any atom is -0.497 e. The van der Waals surface area contributed by atoms with E-state index in [9.17, 15) is 5.26 Å². The summed E-state index contributed by atoms with van der Waals surface area (Å²) in [4.78, 5) is 8.80. The Morgan fingerprint density at radius 2 is 2.14 bits per heavy atom. The van der Waals surface area contributed by atoms with Crippen LogP contribution in [0.3, 0.4) is 0 Å². The first-order chi connectivity index (χ1) is 10.6. The average molecular weight is 288 g/mol. The van der Waals surface area contributed by atoms with Gasteiger partial charge in [-0.15, -0.1) is 5.26 Å². The SMILES string of the molecule is C=c1cnc2c(n1)C(c1cc(C)cc(OC)c1)=C[CH+]C=2C#N. The summed E-state index contributed by atoms with van der Waals surface area (Å²) < 4.78 is 5.34. The van der Waals surface area contributed by atoms with Crippen LogP contribution in [0.1, 0.15) is 16.8 Å². The van der Waals surface area contributed by atoms with Crippen molar-refractivity contribution in [3.05, 3.63) is 64.4 Å². The zero-order valence-corrected chi connectivity index (χ0v) is 12.4. The van der Waals surface area contributed by atoms with Crippen molar-refractivity contribution >= 4 is 17.7 Å². The lowest BCUT2D eigenvalue weighted by Gasteiger charge is -2.09. The number of nitrogens with zero attached hydrogens (tertiary/aromatic N) is 3. The van der Waals surface area contributed by atoms with Crippen molar-refractivity contribution in [1.82, 2.24) is 9.97 Å². The molecule has 106 valence electrons. The zero-order valence-electron chi connectivity index (χ0n) is 12.4. The molecule has 1 aliphatic rings. The number of hydrogen-bond donors (Lipinski definition) is 0. The molecule has 22 heavy (non-hydrogen) atoms. The number of fused-ring (bicyclic) bond motifs is 1. The van der Waals surface area contributed by atoms with Gasteiger partial charge in [-0.1, -0.05) is 6.58 Å². The third-order valence-corrected chi connectivity index (χ3v) is 3.47. The highest BCUT2D eigenvalue weighted by Crippen LogP contribution is 2.28. The second kappa shape index (κ2) is 5.38. The molecule has 0 saturated carbocycles. The number of allylic oxidation sites excluding steroid dienone is 1. The summed E-state index contributed by atoms with van der Waals surface area (Å²) in [5, 5.41) is 10.4. The van der Waals surface area contributed by atoms with Crippen molar-refractivity contribution in [2.24, 2.45) is 0 Å². The van der Waals surface area contributed by atoms with Crippen LogP contribution in [0.15, 0.2) is 30.5 Å². The van der Waals surface area contributed by atoms with Gasteiger partial charge in [0.15, 0.2) is 11.0 Å². The maximum Gasteiger partial charge on any atom is 0.228 e. The Morgan fingerprint density at radius 3 is 2.86 bits per heavy atom. The van der Waals surface area contributed by atoms with Crippen LogP contribution in [0.4, 0.5) is 0 Å². The molecule has 1 aromatic carbocycles. The molecule has 0 saturated heterocycles. The van der Waals surface area contributed by atoms with Crippen molar-refractivity contribution in [3.63, 3.8) is 0 Å². The van der Waals surface area contributed by atoms with E-state index in [0.717, 1.165) is 22.4 Å². The Morgan fingerprint density at radius 1 is 1.32 bits per heavy atom. The highest BCUT2D eigenvalue weighted by atomic mass is 16.5. The molecule has 4 heteroatoms. The molecule has 0 amide bonds. The molecule has 0 bridgehead atoms. The van der Waals surface area contributed by atoms with E-state index in [1.54, 1.807) is 19.7 Å². The molecule has 2 aromatic rings. The first-order valence-corrected chi connectivity index (χ1v) is 6.80. The van der Waals surface area contributed by atoms with Gasteiger partial charge in [0.2, 0.25) is 11.6 Å². The fourth-order valence-corrected chi connectivity index (χ4v) is 2.48. The summed E-state index contributed by atoms with van der Waals surface area (Å²) in [5.74, 6) is 0.784. The molecule has 0 N–H and O–H groups in total. The topological polar surface area (TPSA) is 58.8 Å². The summed E-state index contributed by atoms with van der Waals surface area (Å²) >= 11 is 0. The lowest BCUT2D eigenvalue weighted by molar-refractivity contribution is 0.414. The van der Waals surface area contributed by atoms with Crippen LogP contribution in [-0.2, 0) is 0 Å². The number of aromatic nitrogens is 2. The molecule has 0 aliphatic heterocycles. The van der Waals surface area contributed by atoms with Crippen LogP contribution < -0.4 is 15.4 Å². The summed E-state index contributed by atoms with van der Waals surface area (Å²) in [7, 11) is 1.64. The number of hydrogen-bond acceptors (Lipinski definition) is 4. The molecular weight excluding hydrogens is 274 g/mol. The average Bonchev–Trinajstić information content (AvgIpc) is 2.52. The highest BCUT2D eigenvalue weighted by molar-refractivity contribution is 5.87. The van der Waals surface area contributed by atoms with Crippen LogP contribution in [0, 0.1) is 24.7 Å². The number of aryl methyl sites for hydroxylation is 1. The van der Waals surface area contributed by atoms with Gasteiger partial charge in [-0.3, -0.25) is 0 Å². The first kappa shape index (κ1) is 13.9. The van der Waals surface area contributed by atoms with E-state index in [2.05, 4.69) is 28.7 Å². The van der Waals surface area contributed by atoms with Crippen LogP contribution in [0.25, 0.3) is 17.7 Å². The fraction of sp³-hybridized carbons (Fsp3) is 0.111. The van der Waals surface area contributed by atoms with Crippen LogP contribution >= 0.6 is 0 Å². The molecule has 1 heterocycles. The molecule has 0 unspecified atom stereocenters. The molecule has 1 aromatic heterocycles. The standard InChI is InChI=1S/C18H14N3O/c1-11-6-14(8-15(7-11)22-3)16-5-4-13(9-19)17-18(16)21-12(2)10-20-17/h4-8,10H,2H2,1,3H3/q+1. The normalized spacial score (nSPS) is 12.8. The van der Waals surface area contributed by atoms with Crippen molar-refractivity contribution in [1.29, 1.82) is 5.26 Å². The van der Waals surface area contributed by atoms with Crippen molar-refractivity contribution < 1.29 is 4.74 Å². The third-order valence-electron chi connectivity index (χ3n) is 3.47. The molecule has 0 atom stereocenters. The summed E-state index contributed by atoms with van der Waals surface area (Å²) in [6.45, 7) is 5.84. The number of methoxy groups -OCH3 is 1. The van der Waals surface area contributed by atoms with Gasteiger partial charge in [0.1, 0.15) is 5.75 Å². The van der Waals surface area contributed by atoms with Gasteiger partial charge in [-0.05, 0) is 30.7 Å². The molecule has 0 fully saturated rings. The lowest BCUT2D eigenvalue weighted by atomic mass is 9.93. The van der Waals surface area contributed by atoms with Gasteiger partial charge in [-0.2, -0.15) is 0 Å². The van der Waals surface area contributed by atoms with E-state index >= 15 is 0 Å². The number of ether oxygens (including phenoxy) is 1. The smallest absolute Gasteiger partial charge is 0.228 e. The Bertz CT molecular complexity index is 936. The molecular formula is C18H14N3O+. The van der Waals surface area contributed by atoms with Crippen molar-refractivity contribution in [3.8, 4) is 11.8 Å². The van der Waals surface area contributed by atoms with E-state index in [0.29, 0.717) is 22.0 Å². The Labute approximate surface area is 128 Å². The largest absolute Gasteiger partial charge is 0.497 e. The van der Waals surface area contributed by atoms with Gasteiger partial charge in [0.25, 0.3) is 0 Å². The van der Waals surface area contributed by atoms with E-state index in [-0.39, 0.29) is 0 Å². The van der Waals surface area contributed by atoms with E-state index in [1.165, 1.54) is 0 Å². The second-order valence-corrected chi connectivity index (χ2v) is 5.07. The predicted octanol–water partition coefficient (Wildman–Crippen LogP) is 1.53. The van der Waals surface area contributed by atoms with Crippen LogP contribution in [-0.4, -0.2) is 17.1 Å². The van der Waals surface area contributed by atoms with Gasteiger partial charge >= 0.3 is 0 Å². The minimum absolute atomic E-state index is 0.505. The summed E-state index contributed by atoms with van der Waals surface area (Å²) in [6, 6.07) is 8.13. The number of nitriles is 1. The third kappa shape index (κ3) is 2.33. The monoisotopic (exact) mass is 288 g/mol. The minimum atomic E-state index is 0.505. The van der Waals surface area contributed by atoms with Gasteiger partial charge in [0.05, 0.1) is 24.2 Å². The molecule has 4 nitrogen and oxygen atoms in total. The fourth-order valence-electron chi connectivity index (χ4n) is 2.48. The Balaban J connectivity index is 2.26. The van der Waals surface area contributed by atoms with E-state index in [4.69, 9.17) is 4.74 Å². The molecule has 0 radical (unpaired) electrons. The van der Waals surface area contributed by atoms with Crippen molar-refractivity contribution in [2.45, 2.75) is 6.92 Å². The Hall–Kier alpha value is -3.06. The molecule has 3 rings (SSSR count). The quantitative estimate of drug-likeness (QED) is 0.786. The highest BCUT2D eigenvalue weighted by Gasteiger charge is 2.25. The van der Waals surface area contributed by atoms with E-state index < -0.39 is 0 Å². The van der Waals surface area contributed by atoms with Crippen LogP contribution in [0.2, 0.25) is 0 Å². The lowest BCUT2D eigenvalue weighted by Crippen LogP contribution is -2.27. The molecule has 0 spiro atoms. The van der Waals surface area contributed by atoms with Gasteiger partial charge < -0.3 is 4.74 Å². The molecule has 1 aliphatic carbocycles. The summed E-state index contributed by atoms with van der Waals surface area (Å²) in [6.07, 6.45) is 5.23. The Kier molecular flexibility index (Phi) is 3.40. The van der Waals surface area contributed by atoms with Crippen LogP contribution in [0.5, 0.6) is 5.75 Å². The predicted molar refractivity (Wildman–Crippen MR) is 84.9 cm³/mol. The maximum absolute atomic E-state index is 9.24. The maximum atomic E-state index is 9.24. The van der Waals surface area contributed by atoms with Crippen molar-refractivity contribution in [2.75, 3.05) is 7.11 Å². The summed E-state index contributed by atoms with van der Waals surface area (Å²) in [5.41, 5.74) is 4.16. The zero-order chi connectivity index (χ0) is 15.7. The van der Waals surface area contributed by atoms with E-state index in [1.807, 2.05) is 25.1 Å². The number of rotatable bonds is 2. The first-order valence-electron chi connectivity index (χ1n) is 6.80. The van der Waals surface area contributed by atoms with Gasteiger partial charge in [-0.25, -0.2) is 9.97 Å². The van der Waals surface area contributed by atoms with Gasteiger partial charge in [0, 0.05) is 18.1 Å². The number of benzene rings is 1.